The molecule has 0 atom stereocenters. The van der Waals surface area contributed by atoms with E-state index in [1.165, 1.54) is 25.7 Å². The number of carbonyl (C=O) groups is 1. The lowest BCUT2D eigenvalue weighted by atomic mass is 9.95. The molecule has 6 heteroatoms. The first-order valence-corrected chi connectivity index (χ1v) is 9.97. The van der Waals surface area contributed by atoms with Crippen LogP contribution in [-0.2, 0) is 6.54 Å². The zero-order chi connectivity index (χ0) is 20.4. The van der Waals surface area contributed by atoms with Gasteiger partial charge in [0.25, 0.3) is 5.91 Å². The topological polar surface area (TPSA) is 43.3 Å². The highest BCUT2D eigenvalue weighted by molar-refractivity contribution is 6.07. The van der Waals surface area contributed by atoms with Gasteiger partial charge in [-0.1, -0.05) is 31.4 Å². The molecule has 4 rings (SSSR count). The van der Waals surface area contributed by atoms with Crippen molar-refractivity contribution in [2.45, 2.75) is 44.7 Å². The summed E-state index contributed by atoms with van der Waals surface area (Å²) < 4.78 is 35.4. The number of rotatable bonds is 5. The van der Waals surface area contributed by atoms with Crippen molar-refractivity contribution in [3.8, 4) is 5.75 Å². The highest BCUT2D eigenvalue weighted by Gasteiger charge is 2.22. The number of nitrogens with zero attached hydrogens (tertiary/aromatic N) is 1. The lowest BCUT2D eigenvalue weighted by Gasteiger charge is -2.22. The maximum Gasteiger partial charge on any atom is 0.253 e. The molecule has 1 N–H and O–H groups in total. The van der Waals surface area contributed by atoms with Crippen LogP contribution in [0.1, 0.15) is 48.0 Å². The third kappa shape index (κ3) is 3.97. The van der Waals surface area contributed by atoms with Gasteiger partial charge in [-0.3, -0.25) is 4.79 Å². The number of nitrogens with one attached hydrogen (secondary N) is 1. The van der Waals surface area contributed by atoms with E-state index in [1.807, 2.05) is 0 Å². The predicted molar refractivity (Wildman–Crippen MR) is 108 cm³/mol. The number of benzene rings is 2. The Morgan fingerprint density at radius 2 is 1.93 bits per heavy atom. The third-order valence-electron chi connectivity index (χ3n) is 5.61. The molecule has 0 spiro atoms. The molecule has 0 aliphatic heterocycles. The first-order valence-electron chi connectivity index (χ1n) is 9.97. The van der Waals surface area contributed by atoms with Crippen LogP contribution in [0.4, 0.5) is 8.78 Å². The Bertz CT molecular complexity index is 1040. The number of aromatic nitrogens is 1. The van der Waals surface area contributed by atoms with Crippen LogP contribution in [0.15, 0.2) is 42.6 Å². The molecule has 1 amide bonds. The van der Waals surface area contributed by atoms with Crippen molar-refractivity contribution in [2.24, 2.45) is 0 Å². The van der Waals surface area contributed by atoms with Gasteiger partial charge in [-0.2, -0.15) is 0 Å². The summed E-state index contributed by atoms with van der Waals surface area (Å²) in [6.45, 7) is 0.317. The predicted octanol–water partition coefficient (Wildman–Crippen LogP) is 5.04. The minimum Gasteiger partial charge on any atom is -0.494 e. The summed E-state index contributed by atoms with van der Waals surface area (Å²) in [4.78, 5) is 12.9. The van der Waals surface area contributed by atoms with Crippen molar-refractivity contribution in [1.82, 2.24) is 9.88 Å². The molecule has 0 unspecified atom stereocenters. The molecule has 3 aromatic rings. The maximum atomic E-state index is 14.6. The van der Waals surface area contributed by atoms with E-state index in [0.717, 1.165) is 25.7 Å². The average molecular weight is 398 g/mol. The lowest BCUT2D eigenvalue weighted by Crippen LogP contribution is -2.36. The largest absolute Gasteiger partial charge is 0.494 e. The second-order valence-electron chi connectivity index (χ2n) is 7.58. The van der Waals surface area contributed by atoms with Gasteiger partial charge in [0.15, 0.2) is 11.6 Å². The van der Waals surface area contributed by atoms with Gasteiger partial charge in [-0.15, -0.1) is 0 Å². The zero-order valence-electron chi connectivity index (χ0n) is 16.4. The monoisotopic (exact) mass is 398 g/mol. The molecule has 1 fully saturated rings. The smallest absolute Gasteiger partial charge is 0.253 e. The summed E-state index contributed by atoms with van der Waals surface area (Å²) in [5, 5.41) is 3.36. The standard InChI is InChI=1S/C23H24F2N2O2/c1-29-21-11-10-15(12-19(21)25)13-27-14-17(22-18(24)8-5-9-20(22)27)23(28)26-16-6-3-2-4-7-16/h5,8-12,14,16H,2-4,6-7,13H2,1H3,(H,26,28). The van der Waals surface area contributed by atoms with Gasteiger partial charge in [0.2, 0.25) is 0 Å². The summed E-state index contributed by atoms with van der Waals surface area (Å²) in [6.07, 6.45) is 6.97. The molecule has 0 saturated heterocycles. The summed E-state index contributed by atoms with van der Waals surface area (Å²) in [6, 6.07) is 9.60. The fraction of sp³-hybridized carbons (Fsp3) is 0.348. The summed E-state index contributed by atoms with van der Waals surface area (Å²) in [5.41, 5.74) is 1.62. The number of ether oxygens (including phenoxy) is 1. The first kappa shape index (κ1) is 19.4. The number of halogens is 2. The first-order chi connectivity index (χ1) is 14.1. The molecule has 1 heterocycles. The minimum absolute atomic E-state index is 0.136. The second-order valence-corrected chi connectivity index (χ2v) is 7.58. The van der Waals surface area contributed by atoms with E-state index in [-0.39, 0.29) is 17.7 Å². The third-order valence-corrected chi connectivity index (χ3v) is 5.61. The number of methoxy groups -OCH3 is 1. The Morgan fingerprint density at radius 3 is 2.66 bits per heavy atom. The number of carbonyl (C=O) groups excluding carboxylic acids is 1. The normalized spacial score (nSPS) is 14.9. The van der Waals surface area contributed by atoms with Gasteiger partial charge in [0, 0.05) is 24.2 Å². The molecule has 0 bridgehead atoms. The maximum absolute atomic E-state index is 14.6. The van der Waals surface area contributed by atoms with Crippen molar-refractivity contribution in [3.05, 3.63) is 65.4 Å². The van der Waals surface area contributed by atoms with E-state index in [1.54, 1.807) is 35.0 Å². The number of hydrogen-bond donors (Lipinski definition) is 1. The van der Waals surface area contributed by atoms with Crippen molar-refractivity contribution >= 4 is 16.8 Å². The van der Waals surface area contributed by atoms with Crippen LogP contribution in [0.3, 0.4) is 0 Å². The van der Waals surface area contributed by atoms with Gasteiger partial charge in [0.1, 0.15) is 5.82 Å². The molecular formula is C23H24F2N2O2. The van der Waals surface area contributed by atoms with E-state index < -0.39 is 11.6 Å². The Balaban J connectivity index is 1.67. The second kappa shape index (κ2) is 8.23. The van der Waals surface area contributed by atoms with E-state index in [4.69, 9.17) is 4.74 Å². The highest BCUT2D eigenvalue weighted by Crippen LogP contribution is 2.27. The van der Waals surface area contributed by atoms with Crippen molar-refractivity contribution in [1.29, 1.82) is 0 Å². The lowest BCUT2D eigenvalue weighted by molar-refractivity contribution is 0.0929. The van der Waals surface area contributed by atoms with Gasteiger partial charge in [-0.25, -0.2) is 8.78 Å². The van der Waals surface area contributed by atoms with E-state index in [0.29, 0.717) is 28.6 Å². The van der Waals surface area contributed by atoms with E-state index in [2.05, 4.69) is 5.32 Å². The van der Waals surface area contributed by atoms with Gasteiger partial charge < -0.3 is 14.6 Å². The van der Waals surface area contributed by atoms with Crippen molar-refractivity contribution < 1.29 is 18.3 Å². The molecule has 1 aromatic heterocycles. The SMILES string of the molecule is COc1ccc(Cn2cc(C(=O)NC3CCCCC3)c3c(F)cccc32)cc1F. The van der Waals surface area contributed by atoms with Crippen molar-refractivity contribution in [2.75, 3.05) is 7.11 Å². The Morgan fingerprint density at radius 1 is 1.14 bits per heavy atom. The molecular weight excluding hydrogens is 374 g/mol. The van der Waals surface area contributed by atoms with E-state index >= 15 is 0 Å². The van der Waals surface area contributed by atoms with Crippen LogP contribution in [-0.4, -0.2) is 23.6 Å². The average Bonchev–Trinajstić information content (AvgIpc) is 3.09. The summed E-state index contributed by atoms with van der Waals surface area (Å²) in [7, 11) is 1.41. The fourth-order valence-corrected chi connectivity index (χ4v) is 4.13. The van der Waals surface area contributed by atoms with E-state index in [9.17, 15) is 13.6 Å². The van der Waals surface area contributed by atoms with Gasteiger partial charge in [0.05, 0.1) is 18.2 Å². The van der Waals surface area contributed by atoms with Crippen LogP contribution in [0.5, 0.6) is 5.75 Å². The molecule has 1 aliphatic carbocycles. The molecule has 29 heavy (non-hydrogen) atoms. The molecule has 1 saturated carbocycles. The summed E-state index contributed by atoms with van der Waals surface area (Å²) >= 11 is 0. The van der Waals surface area contributed by atoms with Crippen LogP contribution in [0.25, 0.3) is 10.9 Å². The molecule has 152 valence electrons. The van der Waals surface area contributed by atoms with Crippen LogP contribution < -0.4 is 10.1 Å². The quantitative estimate of drug-likeness (QED) is 0.654. The number of fused-ring (bicyclic) bond motifs is 1. The van der Waals surface area contributed by atoms with Gasteiger partial charge >= 0.3 is 0 Å². The van der Waals surface area contributed by atoms with Gasteiger partial charge in [-0.05, 0) is 42.7 Å². The molecule has 2 aromatic carbocycles. The van der Waals surface area contributed by atoms with Crippen LogP contribution in [0.2, 0.25) is 0 Å². The minimum atomic E-state index is -0.456. The molecule has 0 radical (unpaired) electrons. The zero-order valence-corrected chi connectivity index (χ0v) is 16.4. The highest BCUT2D eigenvalue weighted by atomic mass is 19.1. The number of hydrogen-bond acceptors (Lipinski definition) is 2. The van der Waals surface area contributed by atoms with Crippen LogP contribution >= 0.6 is 0 Å². The Hall–Kier alpha value is -2.89. The Kier molecular flexibility index (Phi) is 5.51. The molecule has 4 nitrogen and oxygen atoms in total. The summed E-state index contributed by atoms with van der Waals surface area (Å²) in [5.74, 6) is -0.977. The number of amides is 1. The Labute approximate surface area is 168 Å². The molecule has 1 aliphatic rings. The van der Waals surface area contributed by atoms with Crippen molar-refractivity contribution in [3.63, 3.8) is 0 Å². The van der Waals surface area contributed by atoms with Crippen LogP contribution in [0, 0.1) is 11.6 Å². The fourth-order valence-electron chi connectivity index (χ4n) is 4.13.